The van der Waals surface area contributed by atoms with Gasteiger partial charge in [0.15, 0.2) is 5.82 Å². The molecule has 0 saturated carbocycles. The molecule has 0 fully saturated rings. The molecule has 1 amide bonds. The summed E-state index contributed by atoms with van der Waals surface area (Å²) >= 11 is 0. The lowest BCUT2D eigenvalue weighted by Gasteiger charge is -2.23. The Labute approximate surface area is 291 Å². The molecule has 5 rings (SSSR count). The van der Waals surface area contributed by atoms with Crippen molar-refractivity contribution in [2.24, 2.45) is 15.5 Å². The van der Waals surface area contributed by atoms with Gasteiger partial charge in [0.2, 0.25) is 5.82 Å². The van der Waals surface area contributed by atoms with E-state index in [2.05, 4.69) is 25.5 Å². The minimum Gasteiger partial charge on any atom is -0.372 e. The van der Waals surface area contributed by atoms with Gasteiger partial charge in [-0.1, -0.05) is 20.8 Å². The van der Waals surface area contributed by atoms with Crippen LogP contribution in [0.3, 0.4) is 0 Å². The maximum Gasteiger partial charge on any atom is 0.418 e. The van der Waals surface area contributed by atoms with Crippen molar-refractivity contribution in [2.45, 2.75) is 50.6 Å². The number of hydrogen-bond acceptors (Lipinski definition) is 10. The molecule has 4 aromatic rings. The average Bonchev–Trinajstić information content (AvgIpc) is 3.60. The molecule has 2 heterocycles. The van der Waals surface area contributed by atoms with Crippen LogP contribution in [0.1, 0.15) is 56.4 Å². The number of nitrogens with zero attached hydrogens (tertiary/aromatic N) is 6. The number of amides is 1. The summed E-state index contributed by atoms with van der Waals surface area (Å²) in [5, 5.41) is 11.4. The van der Waals surface area contributed by atoms with Crippen molar-refractivity contribution in [3.8, 4) is 11.4 Å². The van der Waals surface area contributed by atoms with Crippen LogP contribution in [0.15, 0.2) is 80.5 Å². The van der Waals surface area contributed by atoms with E-state index in [1.807, 2.05) is 34.6 Å². The van der Waals surface area contributed by atoms with Crippen molar-refractivity contribution in [1.29, 1.82) is 0 Å². The van der Waals surface area contributed by atoms with Crippen LogP contribution in [0.5, 0.6) is 0 Å². The maximum atomic E-state index is 14.3. The van der Waals surface area contributed by atoms with E-state index in [1.165, 1.54) is 35.1 Å². The van der Waals surface area contributed by atoms with Crippen LogP contribution < -0.4 is 10.2 Å². The summed E-state index contributed by atoms with van der Waals surface area (Å²) in [6.07, 6.45) is -4.70. The van der Waals surface area contributed by atoms with Crippen molar-refractivity contribution in [3.05, 3.63) is 77.6 Å². The van der Waals surface area contributed by atoms with Crippen LogP contribution in [0.2, 0.25) is 0 Å². The summed E-state index contributed by atoms with van der Waals surface area (Å²) in [6, 6.07) is 11.8. The van der Waals surface area contributed by atoms with Crippen LogP contribution in [-0.2, 0) is 26.4 Å². The average molecular weight is 748 g/mol. The van der Waals surface area contributed by atoms with Crippen LogP contribution in [0.4, 0.5) is 30.2 Å². The molecule has 3 aromatic carbocycles. The van der Waals surface area contributed by atoms with Gasteiger partial charge < -0.3 is 10.2 Å². The van der Waals surface area contributed by atoms with E-state index in [0.29, 0.717) is 36.1 Å². The van der Waals surface area contributed by atoms with E-state index in [-0.39, 0.29) is 28.7 Å². The van der Waals surface area contributed by atoms with Crippen molar-refractivity contribution < 1.29 is 43.9 Å². The van der Waals surface area contributed by atoms with Gasteiger partial charge in [-0.2, -0.15) is 35.1 Å². The van der Waals surface area contributed by atoms with Gasteiger partial charge in [-0.3, -0.25) is 13.9 Å². The lowest BCUT2D eigenvalue weighted by atomic mass is 9.87. The minimum atomic E-state index is -4.94. The quantitative estimate of drug-likeness (QED) is 0.172. The highest BCUT2D eigenvalue weighted by Gasteiger charge is 2.38. The lowest BCUT2D eigenvalue weighted by Crippen LogP contribution is -2.27. The van der Waals surface area contributed by atoms with Crippen molar-refractivity contribution in [2.75, 3.05) is 23.3 Å². The number of rotatable bonds is 9. The Morgan fingerprint density at radius 1 is 0.902 bits per heavy atom. The largest absolute Gasteiger partial charge is 0.418 e. The van der Waals surface area contributed by atoms with Gasteiger partial charge in [0, 0.05) is 41.0 Å². The molecule has 0 unspecified atom stereocenters. The Bertz CT molecular complexity index is 2260. The van der Waals surface area contributed by atoms with Crippen LogP contribution >= 0.6 is 0 Å². The third-order valence-corrected chi connectivity index (χ3v) is 9.38. The topological polar surface area (TPSA) is 197 Å². The number of anilines is 2. The summed E-state index contributed by atoms with van der Waals surface area (Å²) in [4.78, 5) is 23.0. The SMILES string of the molecule is CCN(CC)c1ccc(/N=C2/C(C(C)(C)C)=Nn3nc(-c4ccc(NC(=O)c5cc(S(=O)(=O)O)cc(S(=O)(=O)O)c5)cc4)nc32)c(C(F)(F)F)c1. The molecule has 14 nitrogen and oxygen atoms in total. The Morgan fingerprint density at radius 3 is 2.00 bits per heavy atom. The number of aliphatic imine (C=N–C) groups is 1. The van der Waals surface area contributed by atoms with Crippen molar-refractivity contribution >= 4 is 54.6 Å². The molecule has 0 radical (unpaired) electrons. The molecule has 0 atom stereocenters. The fraction of sp³-hybridized carbons (Fsp3) is 0.281. The van der Waals surface area contributed by atoms with Crippen molar-refractivity contribution in [3.63, 3.8) is 0 Å². The lowest BCUT2D eigenvalue weighted by molar-refractivity contribution is -0.137. The molecular formula is C32H32F3N7O7S2. The Morgan fingerprint density at radius 2 is 1.49 bits per heavy atom. The van der Waals surface area contributed by atoms with Crippen LogP contribution in [-0.4, -0.2) is 71.2 Å². The molecular weight excluding hydrogens is 716 g/mol. The molecule has 1 aliphatic rings. The number of halogens is 3. The zero-order valence-corrected chi connectivity index (χ0v) is 29.4. The number of aromatic nitrogens is 3. The Kier molecular flexibility index (Phi) is 9.71. The summed E-state index contributed by atoms with van der Waals surface area (Å²) in [5.74, 6) is -0.717. The first kappa shape index (κ1) is 37.3. The smallest absolute Gasteiger partial charge is 0.372 e. The third-order valence-electron chi connectivity index (χ3n) is 7.72. The van der Waals surface area contributed by atoms with Gasteiger partial charge in [-0.15, -0.1) is 9.89 Å². The first-order chi connectivity index (χ1) is 23.6. The third kappa shape index (κ3) is 8.01. The number of carbonyl (C=O) groups excluding carboxylic acids is 1. The van der Waals surface area contributed by atoms with Crippen LogP contribution in [0.25, 0.3) is 11.4 Å². The Balaban J connectivity index is 1.48. The number of carbonyl (C=O) groups is 1. The number of hydrogen-bond donors (Lipinski definition) is 3. The number of nitrogens with one attached hydrogen (secondary N) is 1. The zero-order valence-electron chi connectivity index (χ0n) is 27.8. The summed E-state index contributed by atoms with van der Waals surface area (Å²) in [6.45, 7) is 10.2. The second kappa shape index (κ2) is 13.3. The molecule has 0 aliphatic carbocycles. The highest BCUT2D eigenvalue weighted by molar-refractivity contribution is 7.86. The maximum absolute atomic E-state index is 14.3. The molecule has 0 bridgehead atoms. The molecule has 1 aliphatic heterocycles. The van der Waals surface area contributed by atoms with Gasteiger partial charge in [0.25, 0.3) is 26.1 Å². The standard InChI is InChI=1S/C32H32F3N7O7S2/c1-6-41(7-2)21-12-13-25(24(16-21)32(33,34)35)37-26-27(31(3,4)5)39-42-29(26)38-28(40-42)18-8-10-20(11-9-18)36-30(43)19-14-22(50(44,45)46)17-23(15-19)51(47,48)49/h8-17H,6-7H2,1-5H3,(H,36,43)(H,44,45,46)(H,47,48,49)/b37-26-. The first-order valence-corrected chi connectivity index (χ1v) is 18.1. The fourth-order valence-corrected chi connectivity index (χ4v) is 6.34. The van der Waals surface area contributed by atoms with Crippen LogP contribution in [0, 0.1) is 5.41 Å². The van der Waals surface area contributed by atoms with Gasteiger partial charge in [-0.05, 0) is 74.5 Å². The number of alkyl halides is 3. The molecule has 3 N–H and O–H groups in total. The molecule has 0 spiro atoms. The highest BCUT2D eigenvalue weighted by atomic mass is 32.2. The van der Waals surface area contributed by atoms with E-state index in [9.17, 15) is 43.9 Å². The molecule has 1 aromatic heterocycles. The summed E-state index contributed by atoms with van der Waals surface area (Å²) in [5.41, 5.74) is -0.883. The van der Waals surface area contributed by atoms with Gasteiger partial charge in [0.1, 0.15) is 5.71 Å². The summed E-state index contributed by atoms with van der Waals surface area (Å²) < 4.78 is 108. The molecule has 19 heteroatoms. The van der Waals surface area contributed by atoms with E-state index in [4.69, 9.17) is 0 Å². The van der Waals surface area contributed by atoms with Gasteiger partial charge in [-0.25, -0.2) is 9.98 Å². The van der Waals surface area contributed by atoms with Gasteiger partial charge in [0.05, 0.1) is 26.8 Å². The normalized spacial score (nSPS) is 14.4. The number of benzene rings is 3. The number of fused-ring (bicyclic) bond motifs is 1. The minimum absolute atomic E-state index is 0.113. The molecule has 0 saturated heterocycles. The molecule has 270 valence electrons. The van der Waals surface area contributed by atoms with Crippen molar-refractivity contribution in [1.82, 2.24) is 14.9 Å². The van der Waals surface area contributed by atoms with E-state index >= 15 is 0 Å². The Hall–Kier alpha value is -4.98. The highest BCUT2D eigenvalue weighted by Crippen LogP contribution is 2.40. The van der Waals surface area contributed by atoms with E-state index in [0.717, 1.165) is 18.2 Å². The first-order valence-electron chi connectivity index (χ1n) is 15.2. The molecule has 51 heavy (non-hydrogen) atoms. The fourth-order valence-electron chi connectivity index (χ4n) is 5.16. The van der Waals surface area contributed by atoms with E-state index in [1.54, 1.807) is 11.0 Å². The predicted octanol–water partition coefficient (Wildman–Crippen LogP) is 5.94. The summed E-state index contributed by atoms with van der Waals surface area (Å²) in [7, 11) is -9.88. The second-order valence-corrected chi connectivity index (χ2v) is 15.2. The van der Waals surface area contributed by atoms with Gasteiger partial charge >= 0.3 is 6.18 Å². The predicted molar refractivity (Wildman–Crippen MR) is 183 cm³/mol. The second-order valence-electron chi connectivity index (χ2n) is 12.4. The monoisotopic (exact) mass is 747 g/mol. The van der Waals surface area contributed by atoms with E-state index < -0.39 is 58.7 Å². The zero-order chi connectivity index (χ0) is 37.7.